The molecular formula is C15H30N2O2. The van der Waals surface area contributed by atoms with Crippen LogP contribution in [-0.4, -0.2) is 41.7 Å². The van der Waals surface area contributed by atoms with Gasteiger partial charge in [0.1, 0.15) is 0 Å². The van der Waals surface area contributed by atoms with Crippen LogP contribution in [0.25, 0.3) is 0 Å². The molecule has 1 aliphatic rings. The molecule has 0 aromatic carbocycles. The van der Waals surface area contributed by atoms with Crippen LogP contribution in [0.2, 0.25) is 0 Å². The van der Waals surface area contributed by atoms with Crippen LogP contribution < -0.4 is 5.73 Å². The van der Waals surface area contributed by atoms with Crippen molar-refractivity contribution in [1.29, 1.82) is 0 Å². The van der Waals surface area contributed by atoms with Gasteiger partial charge in [0.2, 0.25) is 5.91 Å². The summed E-state index contributed by atoms with van der Waals surface area (Å²) in [5, 5.41) is 9.68. The third-order valence-corrected chi connectivity index (χ3v) is 4.25. The number of aliphatic hydroxyl groups is 1. The highest BCUT2D eigenvalue weighted by molar-refractivity contribution is 5.76. The average Bonchev–Trinajstić information content (AvgIpc) is 2.39. The van der Waals surface area contributed by atoms with Crippen molar-refractivity contribution in [3.8, 4) is 0 Å². The van der Waals surface area contributed by atoms with Gasteiger partial charge >= 0.3 is 0 Å². The van der Waals surface area contributed by atoms with Crippen molar-refractivity contribution < 1.29 is 9.90 Å². The minimum Gasteiger partial charge on any atom is -0.393 e. The van der Waals surface area contributed by atoms with Gasteiger partial charge in [-0.2, -0.15) is 0 Å². The predicted octanol–water partition coefficient (Wildman–Crippen LogP) is 1.76. The normalized spacial score (nSPS) is 25.4. The number of hydrogen-bond donors (Lipinski definition) is 2. The molecule has 1 heterocycles. The van der Waals surface area contributed by atoms with Crippen LogP contribution in [0.4, 0.5) is 0 Å². The van der Waals surface area contributed by atoms with E-state index >= 15 is 0 Å². The number of rotatable bonds is 7. The summed E-state index contributed by atoms with van der Waals surface area (Å²) in [4.78, 5) is 14.1. The Morgan fingerprint density at radius 1 is 1.42 bits per heavy atom. The van der Waals surface area contributed by atoms with Gasteiger partial charge in [-0.15, -0.1) is 0 Å². The number of carbonyl (C=O) groups is 1. The zero-order valence-electron chi connectivity index (χ0n) is 12.5. The molecular weight excluding hydrogens is 240 g/mol. The highest BCUT2D eigenvalue weighted by atomic mass is 16.3. The maximum atomic E-state index is 12.2. The second-order valence-electron chi connectivity index (χ2n) is 5.94. The molecule has 3 atom stereocenters. The molecule has 1 saturated heterocycles. The van der Waals surface area contributed by atoms with Crippen molar-refractivity contribution in [2.45, 2.75) is 58.5 Å². The predicted molar refractivity (Wildman–Crippen MR) is 77.7 cm³/mol. The van der Waals surface area contributed by atoms with Crippen LogP contribution in [0.3, 0.4) is 0 Å². The molecule has 112 valence electrons. The first kappa shape index (κ1) is 16.4. The van der Waals surface area contributed by atoms with Gasteiger partial charge in [-0.05, 0) is 37.6 Å². The molecule has 0 saturated carbocycles. The van der Waals surface area contributed by atoms with Crippen molar-refractivity contribution in [1.82, 2.24) is 4.90 Å². The molecule has 3 unspecified atom stereocenters. The van der Waals surface area contributed by atoms with E-state index in [-0.39, 0.29) is 17.9 Å². The fourth-order valence-electron chi connectivity index (χ4n) is 2.92. The first-order valence-corrected chi connectivity index (χ1v) is 7.74. The second-order valence-corrected chi connectivity index (χ2v) is 5.94. The molecule has 0 aromatic heterocycles. The molecule has 1 rings (SSSR count). The van der Waals surface area contributed by atoms with Gasteiger partial charge < -0.3 is 15.7 Å². The minimum absolute atomic E-state index is 0.202. The van der Waals surface area contributed by atoms with E-state index in [1.807, 2.05) is 11.8 Å². The quantitative estimate of drug-likeness (QED) is 0.741. The van der Waals surface area contributed by atoms with Gasteiger partial charge in [0.25, 0.3) is 0 Å². The molecule has 0 spiro atoms. The Bertz CT molecular complexity index is 265. The lowest BCUT2D eigenvalue weighted by Crippen LogP contribution is -2.45. The number of aliphatic hydroxyl groups excluding tert-OH is 1. The Labute approximate surface area is 117 Å². The van der Waals surface area contributed by atoms with E-state index in [2.05, 4.69) is 6.92 Å². The van der Waals surface area contributed by atoms with Crippen molar-refractivity contribution in [2.75, 3.05) is 19.6 Å². The van der Waals surface area contributed by atoms with Crippen LogP contribution >= 0.6 is 0 Å². The standard InChI is InChI=1S/C15H30N2O2/c1-3-4-13(7-9-16)5-6-15(19)17-10-8-14(18)12(2)11-17/h12-14,18H,3-11,16H2,1-2H3. The van der Waals surface area contributed by atoms with Gasteiger partial charge in [0.05, 0.1) is 6.10 Å². The number of nitrogens with two attached hydrogens (primary N) is 1. The molecule has 0 aliphatic carbocycles. The molecule has 4 heteroatoms. The monoisotopic (exact) mass is 270 g/mol. The molecule has 0 radical (unpaired) electrons. The second kappa shape index (κ2) is 8.54. The maximum Gasteiger partial charge on any atom is 0.222 e. The van der Waals surface area contributed by atoms with E-state index in [0.717, 1.165) is 19.3 Å². The Hall–Kier alpha value is -0.610. The van der Waals surface area contributed by atoms with Gasteiger partial charge in [-0.25, -0.2) is 0 Å². The van der Waals surface area contributed by atoms with E-state index in [0.29, 0.717) is 38.4 Å². The summed E-state index contributed by atoms with van der Waals surface area (Å²) in [6.07, 6.45) is 5.41. The van der Waals surface area contributed by atoms with E-state index in [1.165, 1.54) is 6.42 Å². The smallest absolute Gasteiger partial charge is 0.222 e. The minimum atomic E-state index is -0.242. The van der Waals surface area contributed by atoms with Crippen LogP contribution in [0.1, 0.15) is 52.4 Å². The molecule has 0 aromatic rings. The number of likely N-dealkylation sites (tertiary alicyclic amines) is 1. The van der Waals surface area contributed by atoms with E-state index in [9.17, 15) is 9.90 Å². The van der Waals surface area contributed by atoms with Crippen LogP contribution in [0, 0.1) is 11.8 Å². The zero-order valence-corrected chi connectivity index (χ0v) is 12.5. The third-order valence-electron chi connectivity index (χ3n) is 4.25. The maximum absolute atomic E-state index is 12.2. The Kier molecular flexibility index (Phi) is 7.39. The summed E-state index contributed by atoms with van der Waals surface area (Å²) in [6.45, 7) is 6.32. The lowest BCUT2D eigenvalue weighted by atomic mass is 9.93. The van der Waals surface area contributed by atoms with Gasteiger partial charge in [-0.1, -0.05) is 26.7 Å². The fraction of sp³-hybridized carbons (Fsp3) is 0.933. The van der Waals surface area contributed by atoms with Crippen LogP contribution in [0.15, 0.2) is 0 Å². The molecule has 1 amide bonds. The van der Waals surface area contributed by atoms with E-state index in [1.54, 1.807) is 0 Å². The Morgan fingerprint density at radius 2 is 2.16 bits per heavy atom. The SMILES string of the molecule is CCCC(CCN)CCC(=O)N1CCC(O)C(C)C1. The Morgan fingerprint density at radius 3 is 2.74 bits per heavy atom. The molecule has 1 fully saturated rings. The topological polar surface area (TPSA) is 66.6 Å². The van der Waals surface area contributed by atoms with Crippen LogP contribution in [-0.2, 0) is 4.79 Å². The summed E-state index contributed by atoms with van der Waals surface area (Å²) in [5.41, 5.74) is 5.62. The number of nitrogens with zero attached hydrogens (tertiary/aromatic N) is 1. The highest BCUT2D eigenvalue weighted by Gasteiger charge is 2.27. The van der Waals surface area contributed by atoms with Gasteiger partial charge in [0, 0.05) is 19.5 Å². The van der Waals surface area contributed by atoms with E-state index in [4.69, 9.17) is 5.73 Å². The fourth-order valence-corrected chi connectivity index (χ4v) is 2.92. The lowest BCUT2D eigenvalue weighted by molar-refractivity contribution is -0.135. The molecule has 1 aliphatic heterocycles. The Balaban J connectivity index is 2.33. The molecule has 3 N–H and O–H groups in total. The number of piperidine rings is 1. The van der Waals surface area contributed by atoms with Crippen molar-refractivity contribution in [3.05, 3.63) is 0 Å². The van der Waals surface area contributed by atoms with E-state index < -0.39 is 0 Å². The van der Waals surface area contributed by atoms with Crippen LogP contribution in [0.5, 0.6) is 0 Å². The first-order valence-electron chi connectivity index (χ1n) is 7.74. The zero-order chi connectivity index (χ0) is 14.3. The summed E-state index contributed by atoms with van der Waals surface area (Å²) >= 11 is 0. The molecule has 4 nitrogen and oxygen atoms in total. The number of amides is 1. The van der Waals surface area contributed by atoms with Crippen molar-refractivity contribution in [3.63, 3.8) is 0 Å². The van der Waals surface area contributed by atoms with Crippen molar-refractivity contribution in [2.24, 2.45) is 17.6 Å². The highest BCUT2D eigenvalue weighted by Crippen LogP contribution is 2.21. The third kappa shape index (κ3) is 5.49. The summed E-state index contributed by atoms with van der Waals surface area (Å²) < 4.78 is 0. The summed E-state index contributed by atoms with van der Waals surface area (Å²) in [5.74, 6) is 1.04. The largest absolute Gasteiger partial charge is 0.393 e. The van der Waals surface area contributed by atoms with Gasteiger partial charge in [-0.3, -0.25) is 4.79 Å². The summed E-state index contributed by atoms with van der Waals surface area (Å²) in [7, 11) is 0. The van der Waals surface area contributed by atoms with Crippen molar-refractivity contribution >= 4 is 5.91 Å². The lowest BCUT2D eigenvalue weighted by Gasteiger charge is -2.34. The number of hydrogen-bond acceptors (Lipinski definition) is 3. The number of carbonyl (C=O) groups excluding carboxylic acids is 1. The molecule has 0 bridgehead atoms. The van der Waals surface area contributed by atoms with Gasteiger partial charge in [0.15, 0.2) is 0 Å². The first-order chi connectivity index (χ1) is 9.08. The average molecular weight is 270 g/mol. The molecule has 19 heavy (non-hydrogen) atoms. The summed E-state index contributed by atoms with van der Waals surface area (Å²) in [6, 6.07) is 0.